The molecule has 0 aromatic carbocycles. The van der Waals surface area contributed by atoms with Crippen molar-refractivity contribution in [2.75, 3.05) is 13.2 Å². The van der Waals surface area contributed by atoms with Gasteiger partial charge in [-0.25, -0.2) is 9.97 Å². The van der Waals surface area contributed by atoms with Crippen LogP contribution < -0.4 is 0 Å². The highest BCUT2D eigenvalue weighted by atomic mass is 35.5. The first kappa shape index (κ1) is 20.7. The summed E-state index contributed by atoms with van der Waals surface area (Å²) in [5, 5.41) is 2.05. The molecule has 5 nitrogen and oxygen atoms in total. The maximum Gasteiger partial charge on any atom is 0.335 e. The van der Waals surface area contributed by atoms with Crippen molar-refractivity contribution in [1.29, 1.82) is 0 Å². The highest BCUT2D eigenvalue weighted by molar-refractivity contribution is 7.53. The molecule has 0 aliphatic carbocycles. The molecule has 0 saturated carbocycles. The van der Waals surface area contributed by atoms with Crippen LogP contribution in [0, 0.1) is 13.8 Å². The van der Waals surface area contributed by atoms with E-state index >= 15 is 0 Å². The van der Waals surface area contributed by atoms with Gasteiger partial charge in [-0.2, -0.15) is 0 Å². The molecule has 0 aliphatic rings. The van der Waals surface area contributed by atoms with Crippen molar-refractivity contribution in [3.63, 3.8) is 0 Å². The van der Waals surface area contributed by atoms with E-state index in [4.69, 9.17) is 20.6 Å². The molecular formula is C14H22ClN2O3PS2. The van der Waals surface area contributed by atoms with Gasteiger partial charge in [-0.15, -0.1) is 34.3 Å². The molecule has 23 heavy (non-hydrogen) atoms. The summed E-state index contributed by atoms with van der Waals surface area (Å²) in [5.74, 6) is 0.589. The maximum atomic E-state index is 12.1. The predicted octanol–water partition coefficient (Wildman–Crippen LogP) is 5.41. The second kappa shape index (κ2) is 10.5. The highest BCUT2D eigenvalue weighted by Gasteiger charge is 2.24. The standard InChI is InChI=1S/C9H16NO3PS.C5H6ClNS/c1-4-12-14(11,13-5-2)7-9-6-10-8(3)15-9;1-4-7-3-5(2-6)8-4/h6H,4-5,7H2,1-3H3;3H,2H2,1H3. The van der Waals surface area contributed by atoms with E-state index < -0.39 is 7.60 Å². The van der Waals surface area contributed by atoms with Crippen LogP contribution in [0.4, 0.5) is 0 Å². The van der Waals surface area contributed by atoms with Gasteiger partial charge < -0.3 is 9.05 Å². The average Bonchev–Trinajstić information content (AvgIpc) is 3.08. The van der Waals surface area contributed by atoms with Gasteiger partial charge in [-0.1, -0.05) is 0 Å². The zero-order valence-corrected chi connectivity index (χ0v) is 17.0. The smallest absolute Gasteiger partial charge is 0.309 e. The van der Waals surface area contributed by atoms with E-state index in [9.17, 15) is 4.57 Å². The normalized spacial score (nSPS) is 11.2. The number of alkyl halides is 1. The van der Waals surface area contributed by atoms with E-state index in [1.165, 1.54) is 11.3 Å². The lowest BCUT2D eigenvalue weighted by Gasteiger charge is -2.15. The zero-order valence-electron chi connectivity index (χ0n) is 13.7. The first-order valence-electron chi connectivity index (χ1n) is 7.19. The second-order valence-electron chi connectivity index (χ2n) is 4.43. The van der Waals surface area contributed by atoms with E-state index in [0.29, 0.717) is 25.3 Å². The molecule has 0 N–H and O–H groups in total. The molecule has 2 aromatic heterocycles. The molecule has 0 spiro atoms. The lowest BCUT2D eigenvalue weighted by Crippen LogP contribution is -1.97. The molecule has 0 amide bonds. The quantitative estimate of drug-likeness (QED) is 0.462. The monoisotopic (exact) mass is 396 g/mol. The van der Waals surface area contributed by atoms with Crippen LogP contribution in [0.25, 0.3) is 0 Å². The average molecular weight is 397 g/mol. The molecule has 9 heteroatoms. The third-order valence-corrected chi connectivity index (χ3v) is 6.99. The Morgan fingerprint density at radius 2 is 1.52 bits per heavy atom. The molecule has 0 aliphatic heterocycles. The molecule has 0 saturated heterocycles. The van der Waals surface area contributed by atoms with Crippen LogP contribution in [-0.2, 0) is 25.7 Å². The van der Waals surface area contributed by atoms with Crippen molar-refractivity contribution in [2.24, 2.45) is 0 Å². The summed E-state index contributed by atoms with van der Waals surface area (Å²) >= 11 is 8.68. The number of halogens is 1. The Morgan fingerprint density at radius 3 is 1.83 bits per heavy atom. The predicted molar refractivity (Wildman–Crippen MR) is 97.8 cm³/mol. The fourth-order valence-electron chi connectivity index (χ4n) is 1.66. The van der Waals surface area contributed by atoms with Gasteiger partial charge in [0.05, 0.1) is 35.3 Å². The summed E-state index contributed by atoms with van der Waals surface area (Å²) < 4.78 is 22.5. The minimum atomic E-state index is -2.96. The molecule has 0 bridgehead atoms. The van der Waals surface area contributed by atoms with Gasteiger partial charge in [0.1, 0.15) is 0 Å². The summed E-state index contributed by atoms with van der Waals surface area (Å²) in [6, 6.07) is 0. The number of rotatable bonds is 7. The van der Waals surface area contributed by atoms with Crippen LogP contribution in [0.5, 0.6) is 0 Å². The van der Waals surface area contributed by atoms with Crippen LogP contribution in [0.3, 0.4) is 0 Å². The number of aryl methyl sites for hydroxylation is 2. The Labute approximate surface area is 150 Å². The van der Waals surface area contributed by atoms with Gasteiger partial charge in [-0.3, -0.25) is 4.57 Å². The molecule has 130 valence electrons. The minimum Gasteiger partial charge on any atom is -0.309 e. The number of aromatic nitrogens is 2. The lowest BCUT2D eigenvalue weighted by atomic mass is 10.6. The minimum absolute atomic E-state index is 0.320. The van der Waals surface area contributed by atoms with Crippen molar-refractivity contribution in [1.82, 2.24) is 9.97 Å². The van der Waals surface area contributed by atoms with Gasteiger partial charge in [-0.05, 0) is 27.7 Å². The lowest BCUT2D eigenvalue weighted by molar-refractivity contribution is 0.219. The third kappa shape index (κ3) is 7.88. The Morgan fingerprint density at radius 1 is 1.04 bits per heavy atom. The molecule has 0 radical (unpaired) electrons. The van der Waals surface area contributed by atoms with Crippen LogP contribution in [0.15, 0.2) is 12.4 Å². The molecule has 0 unspecified atom stereocenters. The molecule has 0 atom stereocenters. The Bertz CT molecular complexity index is 623. The van der Waals surface area contributed by atoms with E-state index in [2.05, 4.69) is 9.97 Å². The van der Waals surface area contributed by atoms with Gasteiger partial charge in [0.15, 0.2) is 0 Å². The summed E-state index contributed by atoms with van der Waals surface area (Å²) in [6.45, 7) is 8.30. The van der Waals surface area contributed by atoms with Crippen molar-refractivity contribution < 1.29 is 13.6 Å². The Hall–Kier alpha value is -0.300. The van der Waals surface area contributed by atoms with Crippen LogP contribution in [0.1, 0.15) is 33.6 Å². The van der Waals surface area contributed by atoms with Crippen molar-refractivity contribution >= 4 is 41.9 Å². The van der Waals surface area contributed by atoms with Gasteiger partial charge in [0.2, 0.25) is 0 Å². The van der Waals surface area contributed by atoms with Crippen LogP contribution in [-0.4, -0.2) is 23.2 Å². The maximum absolute atomic E-state index is 12.1. The van der Waals surface area contributed by atoms with Crippen molar-refractivity contribution in [2.45, 2.75) is 39.7 Å². The van der Waals surface area contributed by atoms with E-state index in [1.54, 1.807) is 17.5 Å². The highest BCUT2D eigenvalue weighted by Crippen LogP contribution is 2.51. The van der Waals surface area contributed by atoms with Crippen molar-refractivity contribution in [3.05, 3.63) is 32.2 Å². The summed E-state index contributed by atoms with van der Waals surface area (Å²) in [5.41, 5.74) is 0. The first-order chi connectivity index (χ1) is 10.9. The summed E-state index contributed by atoms with van der Waals surface area (Å²) in [4.78, 5) is 10.2. The second-order valence-corrected chi connectivity index (χ2v) is 9.39. The largest absolute Gasteiger partial charge is 0.335 e. The molecular weight excluding hydrogens is 375 g/mol. The summed E-state index contributed by atoms with van der Waals surface area (Å²) in [6.07, 6.45) is 3.86. The van der Waals surface area contributed by atoms with Crippen LogP contribution in [0.2, 0.25) is 0 Å². The van der Waals surface area contributed by atoms with E-state index in [1.807, 2.05) is 33.9 Å². The molecule has 0 fully saturated rings. The number of nitrogens with zero attached hydrogens (tertiary/aromatic N) is 2. The van der Waals surface area contributed by atoms with Crippen LogP contribution >= 0.6 is 41.9 Å². The van der Waals surface area contributed by atoms with Gasteiger partial charge in [0.25, 0.3) is 0 Å². The summed E-state index contributed by atoms with van der Waals surface area (Å²) in [7, 11) is -2.96. The topological polar surface area (TPSA) is 61.3 Å². The fraction of sp³-hybridized carbons (Fsp3) is 0.571. The number of hydrogen-bond acceptors (Lipinski definition) is 7. The van der Waals surface area contributed by atoms with Gasteiger partial charge in [0, 0.05) is 22.1 Å². The Balaban J connectivity index is 0.000000277. The third-order valence-electron chi connectivity index (χ3n) is 2.47. The SMILES string of the molecule is CCOP(=O)(Cc1cnc(C)s1)OCC.Cc1ncc(CCl)s1. The van der Waals surface area contributed by atoms with Crippen molar-refractivity contribution in [3.8, 4) is 0 Å². The first-order valence-corrected chi connectivity index (χ1v) is 11.1. The van der Waals surface area contributed by atoms with Gasteiger partial charge >= 0.3 is 7.60 Å². The molecule has 2 heterocycles. The molecule has 2 aromatic rings. The van der Waals surface area contributed by atoms with E-state index in [0.717, 1.165) is 19.8 Å². The number of hydrogen-bond donors (Lipinski definition) is 0. The van der Waals surface area contributed by atoms with E-state index in [-0.39, 0.29) is 0 Å². The zero-order chi connectivity index (χ0) is 17.3. The Kier molecular flexibility index (Phi) is 9.51. The fourth-order valence-corrected chi connectivity index (χ4v) is 5.37. The molecule has 2 rings (SSSR count). The number of thiazole rings is 2.